The van der Waals surface area contributed by atoms with Gasteiger partial charge in [-0.15, -0.1) is 0 Å². The van der Waals surface area contributed by atoms with Crippen molar-refractivity contribution < 1.29 is 9.36 Å². The Kier molecular flexibility index (Phi) is 6.39. The highest BCUT2D eigenvalue weighted by molar-refractivity contribution is 6.12. The summed E-state index contributed by atoms with van der Waals surface area (Å²) in [5, 5.41) is 8.47. The topological polar surface area (TPSA) is 82.5 Å². The second kappa shape index (κ2) is 8.73. The highest BCUT2D eigenvalue weighted by Crippen LogP contribution is 2.28. The molecule has 0 radical (unpaired) electrons. The second-order valence-corrected chi connectivity index (χ2v) is 8.56. The third-order valence-electron chi connectivity index (χ3n) is 7.01. The second-order valence-electron chi connectivity index (χ2n) is 8.56. The number of benzene rings is 1. The summed E-state index contributed by atoms with van der Waals surface area (Å²) in [6.45, 7) is 18.8. The van der Waals surface area contributed by atoms with Crippen molar-refractivity contribution in [2.45, 2.75) is 68.9 Å². The van der Waals surface area contributed by atoms with Crippen molar-refractivity contribution in [2.24, 2.45) is 12.2 Å². The van der Waals surface area contributed by atoms with Crippen LogP contribution in [-0.4, -0.2) is 20.4 Å². The molecule has 0 saturated carbocycles. The van der Waals surface area contributed by atoms with E-state index in [1.807, 2.05) is 13.8 Å². The lowest BCUT2D eigenvalue weighted by molar-refractivity contribution is 0.127. The molecule has 0 fully saturated rings. The number of hydrogen-bond acceptors (Lipinski definition) is 6. The van der Waals surface area contributed by atoms with Crippen molar-refractivity contribution in [1.82, 2.24) is 14.7 Å². The first-order chi connectivity index (χ1) is 15.0. The minimum atomic E-state index is -0.550. The molecule has 2 heterocycles. The third-order valence-corrected chi connectivity index (χ3v) is 7.01. The van der Waals surface area contributed by atoms with E-state index in [2.05, 4.69) is 63.8 Å². The normalized spacial score (nSPS) is 11.9. The van der Waals surface area contributed by atoms with Gasteiger partial charge < -0.3 is 4.84 Å². The van der Waals surface area contributed by atoms with Gasteiger partial charge in [-0.05, 0) is 107 Å². The molecule has 170 valence electrons. The Morgan fingerprint density at radius 3 is 1.91 bits per heavy atom. The van der Waals surface area contributed by atoms with Gasteiger partial charge in [-0.2, -0.15) is 0 Å². The molecule has 1 aromatic carbocycles. The molecule has 32 heavy (non-hydrogen) atoms. The van der Waals surface area contributed by atoms with Crippen LogP contribution in [0.2, 0.25) is 0 Å². The van der Waals surface area contributed by atoms with E-state index in [0.717, 1.165) is 33.6 Å². The van der Waals surface area contributed by atoms with Crippen molar-refractivity contribution in [2.75, 3.05) is 0 Å². The Balaban J connectivity index is 2.14. The SMILES string of the molecule is Cc1nc(CON=C(c2c(C)c(C)c(C)c(C)c2C)c2noc(=O)n2C)c(C)c(C)c1C. The molecule has 0 aliphatic carbocycles. The van der Waals surface area contributed by atoms with Crippen LogP contribution in [0.5, 0.6) is 0 Å². The lowest BCUT2D eigenvalue weighted by Crippen LogP contribution is -2.20. The predicted octanol–water partition coefficient (Wildman–Crippen LogP) is 4.51. The van der Waals surface area contributed by atoms with Crippen LogP contribution in [0.15, 0.2) is 14.5 Å². The van der Waals surface area contributed by atoms with Gasteiger partial charge in [0.05, 0.1) is 5.69 Å². The number of aryl methyl sites for hydroxylation is 1. The van der Waals surface area contributed by atoms with E-state index in [-0.39, 0.29) is 6.61 Å². The standard InChI is InChI=1S/C25H32N4O3/c1-12-13(2)18(7)22(19(8)14(12)3)23(24-28-32-25(30)29(24)10)27-31-11-21-17(6)15(4)16(5)20(9)26-21/h11H2,1-10H3. The van der Waals surface area contributed by atoms with Gasteiger partial charge in [0.25, 0.3) is 0 Å². The minimum absolute atomic E-state index is 0.213. The van der Waals surface area contributed by atoms with Crippen molar-refractivity contribution >= 4 is 5.71 Å². The van der Waals surface area contributed by atoms with Crippen LogP contribution in [0, 0.1) is 62.3 Å². The van der Waals surface area contributed by atoms with Crippen molar-refractivity contribution in [1.29, 1.82) is 0 Å². The molecule has 0 N–H and O–H groups in total. The van der Waals surface area contributed by atoms with Gasteiger partial charge in [-0.1, -0.05) is 10.3 Å². The Morgan fingerprint density at radius 2 is 1.38 bits per heavy atom. The summed E-state index contributed by atoms with van der Waals surface area (Å²) in [7, 11) is 1.61. The van der Waals surface area contributed by atoms with Crippen LogP contribution >= 0.6 is 0 Å². The van der Waals surface area contributed by atoms with Gasteiger partial charge in [-0.25, -0.2) is 4.79 Å². The lowest BCUT2D eigenvalue weighted by atomic mass is 9.87. The molecule has 0 atom stereocenters. The van der Waals surface area contributed by atoms with Crippen LogP contribution in [0.3, 0.4) is 0 Å². The largest absolute Gasteiger partial charge is 0.441 e. The lowest BCUT2D eigenvalue weighted by Gasteiger charge is -2.19. The highest BCUT2D eigenvalue weighted by Gasteiger charge is 2.24. The fraction of sp³-hybridized carbons (Fsp3) is 0.440. The maximum absolute atomic E-state index is 12.0. The van der Waals surface area contributed by atoms with Gasteiger partial charge in [-0.3, -0.25) is 14.1 Å². The van der Waals surface area contributed by atoms with Gasteiger partial charge in [0.1, 0.15) is 0 Å². The average molecular weight is 437 g/mol. The van der Waals surface area contributed by atoms with Crippen LogP contribution in [0.1, 0.15) is 67.3 Å². The molecule has 0 saturated heterocycles. The summed E-state index contributed by atoms with van der Waals surface area (Å²) in [5.74, 6) is -0.226. The molecule has 2 aromatic heterocycles. The van der Waals surface area contributed by atoms with E-state index in [0.29, 0.717) is 11.5 Å². The zero-order valence-corrected chi connectivity index (χ0v) is 20.7. The number of pyridine rings is 1. The van der Waals surface area contributed by atoms with Crippen LogP contribution in [0.4, 0.5) is 0 Å². The van der Waals surface area contributed by atoms with Crippen LogP contribution in [-0.2, 0) is 18.5 Å². The smallest absolute Gasteiger partial charge is 0.389 e. The number of nitrogens with zero attached hydrogens (tertiary/aromatic N) is 4. The molecule has 7 nitrogen and oxygen atoms in total. The van der Waals surface area contributed by atoms with Gasteiger partial charge in [0, 0.05) is 18.3 Å². The van der Waals surface area contributed by atoms with Gasteiger partial charge in [0.15, 0.2) is 12.3 Å². The van der Waals surface area contributed by atoms with Crippen molar-refractivity contribution in [3.63, 3.8) is 0 Å². The first kappa shape index (κ1) is 23.4. The molecule has 3 rings (SSSR count). The highest BCUT2D eigenvalue weighted by atomic mass is 16.6. The number of aromatic nitrogens is 3. The quantitative estimate of drug-likeness (QED) is 0.434. The third kappa shape index (κ3) is 3.87. The summed E-state index contributed by atoms with van der Waals surface area (Å²) in [5.41, 5.74) is 12.4. The first-order valence-corrected chi connectivity index (χ1v) is 10.7. The summed E-state index contributed by atoms with van der Waals surface area (Å²) >= 11 is 0. The zero-order valence-electron chi connectivity index (χ0n) is 20.7. The Labute approximate surface area is 189 Å². The number of oxime groups is 1. The number of rotatable bonds is 5. The molecular formula is C25H32N4O3. The monoisotopic (exact) mass is 436 g/mol. The first-order valence-electron chi connectivity index (χ1n) is 10.7. The zero-order chi connectivity index (χ0) is 23.9. The van der Waals surface area contributed by atoms with Crippen LogP contribution in [0.25, 0.3) is 0 Å². The van der Waals surface area contributed by atoms with E-state index < -0.39 is 5.76 Å². The summed E-state index contributed by atoms with van der Waals surface area (Å²) in [4.78, 5) is 22.5. The Morgan fingerprint density at radius 1 is 0.844 bits per heavy atom. The molecule has 0 aliphatic rings. The minimum Gasteiger partial charge on any atom is -0.389 e. The average Bonchev–Trinajstić information content (AvgIpc) is 3.09. The maximum Gasteiger partial charge on any atom is 0.441 e. The Hall–Kier alpha value is -3.22. The molecule has 0 spiro atoms. The van der Waals surface area contributed by atoms with Gasteiger partial charge >= 0.3 is 5.76 Å². The molecule has 7 heteroatoms. The van der Waals surface area contributed by atoms with Gasteiger partial charge in [0.2, 0.25) is 5.82 Å². The van der Waals surface area contributed by atoms with E-state index >= 15 is 0 Å². The molecule has 0 bridgehead atoms. The molecule has 0 unspecified atom stereocenters. The maximum atomic E-state index is 12.0. The van der Waals surface area contributed by atoms with E-state index in [1.54, 1.807) is 7.05 Å². The molecule has 0 amide bonds. The van der Waals surface area contributed by atoms with E-state index in [9.17, 15) is 4.79 Å². The summed E-state index contributed by atoms with van der Waals surface area (Å²) < 4.78 is 6.24. The van der Waals surface area contributed by atoms with Crippen molar-refractivity contribution in [3.8, 4) is 0 Å². The summed E-state index contributed by atoms with van der Waals surface area (Å²) in [6.07, 6.45) is 0. The van der Waals surface area contributed by atoms with E-state index in [4.69, 9.17) is 9.36 Å². The Bertz CT molecular complexity index is 1270. The molecular weight excluding hydrogens is 404 g/mol. The van der Waals surface area contributed by atoms with E-state index in [1.165, 1.54) is 32.4 Å². The fourth-order valence-electron chi connectivity index (χ4n) is 3.98. The van der Waals surface area contributed by atoms with Crippen molar-refractivity contribution in [3.05, 3.63) is 77.8 Å². The molecule has 3 aromatic rings. The molecule has 0 aliphatic heterocycles. The fourth-order valence-corrected chi connectivity index (χ4v) is 3.98. The van der Waals surface area contributed by atoms with Crippen LogP contribution < -0.4 is 5.76 Å². The summed E-state index contributed by atoms with van der Waals surface area (Å²) in [6, 6.07) is 0. The predicted molar refractivity (Wildman–Crippen MR) is 125 cm³/mol. The number of hydrogen-bond donors (Lipinski definition) is 0.